The first-order valence-electron chi connectivity index (χ1n) is 7.82. The van der Waals surface area contributed by atoms with Gasteiger partial charge in [-0.2, -0.15) is 0 Å². The molecule has 0 bridgehead atoms. The predicted molar refractivity (Wildman–Crippen MR) is 106 cm³/mol. The van der Waals surface area contributed by atoms with Crippen LogP contribution in [-0.4, -0.2) is 32.4 Å². The van der Waals surface area contributed by atoms with Gasteiger partial charge in [0.15, 0.2) is 0 Å². The Balaban J connectivity index is 0.00000338. The molecule has 1 atom stereocenters. The third-order valence-corrected chi connectivity index (χ3v) is 4.49. The van der Waals surface area contributed by atoms with Crippen molar-refractivity contribution in [3.8, 4) is 11.5 Å². The van der Waals surface area contributed by atoms with E-state index in [2.05, 4.69) is 5.32 Å². The first kappa shape index (κ1) is 22.0. The minimum absolute atomic E-state index is 0. The fourth-order valence-electron chi connectivity index (χ4n) is 2.06. The Labute approximate surface area is 160 Å². The summed E-state index contributed by atoms with van der Waals surface area (Å²) in [5.74, 6) is 0.828. The SMILES string of the molecule is Cc1ccc(Oc2ccc(NC(=O)C(N)CCS(C)(=O)=O)cc2)cc1.Cl. The highest BCUT2D eigenvalue weighted by atomic mass is 35.5. The predicted octanol–water partition coefficient (Wildman–Crippen LogP) is 2.91. The van der Waals surface area contributed by atoms with Crippen LogP contribution in [0.15, 0.2) is 48.5 Å². The molecular formula is C18H23ClN2O4S. The molecule has 0 aliphatic heterocycles. The number of amides is 1. The molecule has 0 saturated carbocycles. The molecule has 2 aromatic rings. The maximum atomic E-state index is 12.0. The van der Waals surface area contributed by atoms with Gasteiger partial charge < -0.3 is 15.8 Å². The lowest BCUT2D eigenvalue weighted by Crippen LogP contribution is -2.37. The van der Waals surface area contributed by atoms with Crippen molar-refractivity contribution >= 4 is 33.8 Å². The van der Waals surface area contributed by atoms with Crippen molar-refractivity contribution in [2.24, 2.45) is 5.73 Å². The highest BCUT2D eigenvalue weighted by Crippen LogP contribution is 2.23. The lowest BCUT2D eigenvalue weighted by molar-refractivity contribution is -0.117. The first-order chi connectivity index (χ1) is 11.7. The van der Waals surface area contributed by atoms with Crippen molar-refractivity contribution < 1.29 is 17.9 Å². The molecule has 0 aliphatic carbocycles. The van der Waals surface area contributed by atoms with E-state index >= 15 is 0 Å². The lowest BCUT2D eigenvalue weighted by atomic mass is 10.2. The molecule has 26 heavy (non-hydrogen) atoms. The highest BCUT2D eigenvalue weighted by molar-refractivity contribution is 7.90. The number of carbonyl (C=O) groups excluding carboxylic acids is 1. The molecule has 0 spiro atoms. The van der Waals surface area contributed by atoms with Crippen molar-refractivity contribution in [3.63, 3.8) is 0 Å². The Hall–Kier alpha value is -2.09. The molecule has 2 rings (SSSR count). The Kier molecular flexibility index (Phi) is 8.08. The third kappa shape index (κ3) is 7.43. The van der Waals surface area contributed by atoms with E-state index < -0.39 is 21.8 Å². The lowest BCUT2D eigenvalue weighted by Gasteiger charge is -2.12. The summed E-state index contributed by atoms with van der Waals surface area (Å²) in [7, 11) is -3.14. The van der Waals surface area contributed by atoms with Gasteiger partial charge in [-0.1, -0.05) is 17.7 Å². The van der Waals surface area contributed by atoms with Gasteiger partial charge >= 0.3 is 0 Å². The molecule has 0 fully saturated rings. The molecule has 0 aromatic heterocycles. The number of rotatable bonds is 7. The molecule has 0 aliphatic rings. The summed E-state index contributed by atoms with van der Waals surface area (Å²) in [4.78, 5) is 12.0. The Morgan fingerprint density at radius 3 is 2.08 bits per heavy atom. The van der Waals surface area contributed by atoms with Gasteiger partial charge in [0.05, 0.1) is 11.8 Å². The van der Waals surface area contributed by atoms with Crippen LogP contribution in [0.4, 0.5) is 5.69 Å². The molecule has 0 radical (unpaired) electrons. The Morgan fingerprint density at radius 1 is 1.08 bits per heavy atom. The second kappa shape index (κ2) is 9.56. The number of sulfone groups is 1. The van der Waals surface area contributed by atoms with Crippen LogP contribution in [0.25, 0.3) is 0 Å². The van der Waals surface area contributed by atoms with E-state index in [-0.39, 0.29) is 24.6 Å². The molecule has 2 aromatic carbocycles. The van der Waals surface area contributed by atoms with E-state index in [1.807, 2.05) is 31.2 Å². The number of hydrogen-bond donors (Lipinski definition) is 2. The van der Waals surface area contributed by atoms with Crippen LogP contribution in [0.5, 0.6) is 11.5 Å². The van der Waals surface area contributed by atoms with Gasteiger partial charge in [-0.3, -0.25) is 4.79 Å². The van der Waals surface area contributed by atoms with Crippen molar-refractivity contribution in [2.75, 3.05) is 17.3 Å². The molecule has 3 N–H and O–H groups in total. The second-order valence-electron chi connectivity index (χ2n) is 5.95. The normalized spacial score (nSPS) is 12.0. The third-order valence-electron chi connectivity index (χ3n) is 3.51. The van der Waals surface area contributed by atoms with Crippen molar-refractivity contribution in [1.82, 2.24) is 0 Å². The van der Waals surface area contributed by atoms with Crippen LogP contribution in [0.3, 0.4) is 0 Å². The van der Waals surface area contributed by atoms with E-state index in [1.165, 1.54) is 0 Å². The van der Waals surface area contributed by atoms with Gasteiger partial charge in [-0.05, 0) is 49.7 Å². The minimum Gasteiger partial charge on any atom is -0.457 e. The number of nitrogens with one attached hydrogen (secondary N) is 1. The van der Waals surface area contributed by atoms with Gasteiger partial charge in [0.2, 0.25) is 5.91 Å². The van der Waals surface area contributed by atoms with Gasteiger partial charge in [-0.15, -0.1) is 12.4 Å². The fraction of sp³-hybridized carbons (Fsp3) is 0.278. The van der Waals surface area contributed by atoms with Crippen molar-refractivity contribution in [1.29, 1.82) is 0 Å². The van der Waals surface area contributed by atoms with E-state index in [9.17, 15) is 13.2 Å². The largest absolute Gasteiger partial charge is 0.457 e. The number of halogens is 1. The van der Waals surface area contributed by atoms with Crippen LogP contribution >= 0.6 is 12.4 Å². The van der Waals surface area contributed by atoms with Crippen LogP contribution in [0.1, 0.15) is 12.0 Å². The number of aryl methyl sites for hydroxylation is 1. The standard InChI is InChI=1S/C18H22N2O4S.ClH/c1-13-3-7-15(8-4-13)24-16-9-5-14(6-10-16)20-18(21)17(19)11-12-25(2,22)23;/h3-10,17H,11-12,19H2,1-2H3,(H,20,21);1H. The summed E-state index contributed by atoms with van der Waals surface area (Å²) in [5.41, 5.74) is 7.43. The Morgan fingerprint density at radius 2 is 1.58 bits per heavy atom. The van der Waals surface area contributed by atoms with Gasteiger partial charge in [0, 0.05) is 11.9 Å². The molecule has 8 heteroatoms. The van der Waals surface area contributed by atoms with Crippen LogP contribution in [0, 0.1) is 6.92 Å². The summed E-state index contributed by atoms with van der Waals surface area (Å²) < 4.78 is 28.0. The quantitative estimate of drug-likeness (QED) is 0.747. The second-order valence-corrected chi connectivity index (χ2v) is 8.21. The minimum atomic E-state index is -3.14. The average Bonchev–Trinajstić information content (AvgIpc) is 2.56. The summed E-state index contributed by atoms with van der Waals surface area (Å²) in [6.07, 6.45) is 1.20. The van der Waals surface area contributed by atoms with Gasteiger partial charge in [0.1, 0.15) is 21.3 Å². The van der Waals surface area contributed by atoms with E-state index in [1.54, 1.807) is 24.3 Å². The zero-order valence-corrected chi connectivity index (χ0v) is 16.3. The average molecular weight is 399 g/mol. The summed E-state index contributed by atoms with van der Waals surface area (Å²) >= 11 is 0. The van der Waals surface area contributed by atoms with E-state index in [0.717, 1.165) is 17.6 Å². The topological polar surface area (TPSA) is 98.5 Å². The van der Waals surface area contributed by atoms with Gasteiger partial charge in [0.25, 0.3) is 0 Å². The molecule has 6 nitrogen and oxygen atoms in total. The Bertz CT molecular complexity index is 821. The number of ether oxygens (including phenoxy) is 1. The van der Waals surface area contributed by atoms with Crippen molar-refractivity contribution in [3.05, 3.63) is 54.1 Å². The van der Waals surface area contributed by atoms with Gasteiger partial charge in [-0.25, -0.2) is 8.42 Å². The molecular weight excluding hydrogens is 376 g/mol. The van der Waals surface area contributed by atoms with Crippen LogP contribution in [-0.2, 0) is 14.6 Å². The monoisotopic (exact) mass is 398 g/mol. The highest BCUT2D eigenvalue weighted by Gasteiger charge is 2.16. The van der Waals surface area contributed by atoms with Crippen LogP contribution in [0.2, 0.25) is 0 Å². The van der Waals surface area contributed by atoms with Crippen LogP contribution < -0.4 is 15.8 Å². The number of benzene rings is 2. The smallest absolute Gasteiger partial charge is 0.241 e. The van der Waals surface area contributed by atoms with E-state index in [4.69, 9.17) is 10.5 Å². The fourth-order valence-corrected chi connectivity index (χ4v) is 2.74. The molecule has 0 saturated heterocycles. The maximum Gasteiger partial charge on any atom is 0.241 e. The number of hydrogen-bond acceptors (Lipinski definition) is 5. The zero-order valence-electron chi connectivity index (χ0n) is 14.6. The number of carbonyl (C=O) groups is 1. The zero-order chi connectivity index (χ0) is 18.4. The van der Waals surface area contributed by atoms with Crippen molar-refractivity contribution in [2.45, 2.75) is 19.4 Å². The van der Waals surface area contributed by atoms with E-state index in [0.29, 0.717) is 11.4 Å². The molecule has 0 heterocycles. The molecule has 142 valence electrons. The first-order valence-corrected chi connectivity index (χ1v) is 9.88. The number of anilines is 1. The summed E-state index contributed by atoms with van der Waals surface area (Å²) in [6.45, 7) is 2.00. The molecule has 1 unspecified atom stereocenters. The summed E-state index contributed by atoms with van der Waals surface area (Å²) in [5, 5.41) is 2.66. The maximum absolute atomic E-state index is 12.0. The summed E-state index contributed by atoms with van der Waals surface area (Å²) in [6, 6.07) is 13.7. The molecule has 1 amide bonds. The number of nitrogens with two attached hydrogens (primary N) is 1.